The van der Waals surface area contributed by atoms with E-state index in [1.807, 2.05) is 0 Å². The van der Waals surface area contributed by atoms with Crippen molar-refractivity contribution in [1.29, 1.82) is 0 Å². The Morgan fingerprint density at radius 3 is 2.56 bits per heavy atom. The molecule has 0 aromatic heterocycles. The summed E-state index contributed by atoms with van der Waals surface area (Å²) >= 11 is 3.26. The molecule has 18 heavy (non-hydrogen) atoms. The Labute approximate surface area is 113 Å². The lowest BCUT2D eigenvalue weighted by molar-refractivity contribution is -0.384. The van der Waals surface area contributed by atoms with Crippen molar-refractivity contribution in [2.45, 2.75) is 24.6 Å². The largest absolute Gasteiger partial charge is 0.465 e. The minimum Gasteiger partial charge on any atom is -0.465 e. The van der Waals surface area contributed by atoms with E-state index < -0.39 is 4.92 Å². The number of rotatable bonds is 6. The van der Waals surface area contributed by atoms with Crippen LogP contribution in [-0.2, 0) is 16.0 Å². The second kappa shape index (κ2) is 7.10. The van der Waals surface area contributed by atoms with Crippen LogP contribution in [0, 0.1) is 10.1 Å². The summed E-state index contributed by atoms with van der Waals surface area (Å²) in [6.45, 7) is 2.12. The molecule has 1 aromatic carbocycles. The number of nitro groups is 1. The van der Waals surface area contributed by atoms with Crippen LogP contribution < -0.4 is 0 Å². The molecular weight excluding hydrogens is 302 g/mol. The third-order valence-electron chi connectivity index (χ3n) is 2.38. The van der Waals surface area contributed by atoms with Gasteiger partial charge < -0.3 is 4.74 Å². The van der Waals surface area contributed by atoms with Crippen molar-refractivity contribution in [2.75, 3.05) is 6.61 Å². The maximum absolute atomic E-state index is 11.3. The smallest absolute Gasteiger partial charge is 0.319 e. The summed E-state index contributed by atoms with van der Waals surface area (Å²) in [5.74, 6) is -0.278. The maximum Gasteiger partial charge on any atom is 0.319 e. The van der Waals surface area contributed by atoms with E-state index in [0.717, 1.165) is 5.56 Å². The topological polar surface area (TPSA) is 69.4 Å². The summed E-state index contributed by atoms with van der Waals surface area (Å²) in [7, 11) is 0. The standard InChI is InChI=1S/C12H14BrNO4/c1-2-18-12(15)11(13)8-5-9-3-6-10(7-4-9)14(16)17/h3-4,6-7,11H,2,5,8H2,1H3/t11-/m0/s1. The molecule has 5 nitrogen and oxygen atoms in total. The van der Waals surface area contributed by atoms with Crippen LogP contribution in [0.3, 0.4) is 0 Å². The van der Waals surface area contributed by atoms with Crippen molar-refractivity contribution < 1.29 is 14.5 Å². The van der Waals surface area contributed by atoms with E-state index in [2.05, 4.69) is 15.9 Å². The van der Waals surface area contributed by atoms with E-state index in [0.29, 0.717) is 19.4 Å². The highest BCUT2D eigenvalue weighted by Gasteiger charge is 2.15. The molecule has 1 rings (SSSR count). The SMILES string of the molecule is CCOC(=O)[C@@H](Br)CCc1ccc([N+](=O)[O-])cc1. The van der Waals surface area contributed by atoms with E-state index >= 15 is 0 Å². The predicted octanol–water partition coefficient (Wildman–Crippen LogP) is 2.85. The van der Waals surface area contributed by atoms with Crippen LogP contribution in [0.4, 0.5) is 5.69 Å². The Balaban J connectivity index is 2.48. The Hall–Kier alpha value is -1.43. The quantitative estimate of drug-likeness (QED) is 0.350. The molecule has 0 unspecified atom stereocenters. The molecule has 0 radical (unpaired) electrons. The number of hydrogen-bond donors (Lipinski definition) is 0. The van der Waals surface area contributed by atoms with Crippen molar-refractivity contribution in [2.24, 2.45) is 0 Å². The van der Waals surface area contributed by atoms with Crippen LogP contribution in [0.2, 0.25) is 0 Å². The Bertz CT molecular complexity index is 419. The number of esters is 1. The Morgan fingerprint density at radius 1 is 1.44 bits per heavy atom. The van der Waals surface area contributed by atoms with Crippen molar-refractivity contribution in [3.05, 3.63) is 39.9 Å². The van der Waals surface area contributed by atoms with Gasteiger partial charge in [0.15, 0.2) is 0 Å². The van der Waals surface area contributed by atoms with Crippen molar-refractivity contribution >= 4 is 27.6 Å². The molecule has 98 valence electrons. The third-order valence-corrected chi connectivity index (χ3v) is 3.21. The molecular formula is C12H14BrNO4. The van der Waals surface area contributed by atoms with Crippen LogP contribution in [0.5, 0.6) is 0 Å². The number of ether oxygens (including phenoxy) is 1. The number of nitrogens with zero attached hydrogens (tertiary/aromatic N) is 1. The van der Waals surface area contributed by atoms with Gasteiger partial charge in [0, 0.05) is 12.1 Å². The van der Waals surface area contributed by atoms with Crippen LogP contribution in [-0.4, -0.2) is 22.3 Å². The summed E-state index contributed by atoms with van der Waals surface area (Å²) in [4.78, 5) is 21.1. The van der Waals surface area contributed by atoms with Gasteiger partial charge in [-0.1, -0.05) is 28.1 Å². The number of alkyl halides is 1. The van der Waals surface area contributed by atoms with Gasteiger partial charge in [-0.15, -0.1) is 0 Å². The fourth-order valence-corrected chi connectivity index (χ4v) is 1.79. The van der Waals surface area contributed by atoms with E-state index in [-0.39, 0.29) is 16.5 Å². The lowest BCUT2D eigenvalue weighted by Crippen LogP contribution is -2.17. The zero-order valence-electron chi connectivity index (χ0n) is 9.97. The van der Waals surface area contributed by atoms with Crippen molar-refractivity contribution in [1.82, 2.24) is 0 Å². The predicted molar refractivity (Wildman–Crippen MR) is 70.8 cm³/mol. The molecule has 0 spiro atoms. The normalized spacial score (nSPS) is 11.9. The molecule has 1 atom stereocenters. The molecule has 0 aliphatic heterocycles. The average Bonchev–Trinajstić information content (AvgIpc) is 2.36. The van der Waals surface area contributed by atoms with Crippen molar-refractivity contribution in [3.8, 4) is 0 Å². The number of halogens is 1. The van der Waals surface area contributed by atoms with Gasteiger partial charge in [0.05, 0.1) is 11.5 Å². The monoisotopic (exact) mass is 315 g/mol. The fraction of sp³-hybridized carbons (Fsp3) is 0.417. The first-order valence-electron chi connectivity index (χ1n) is 5.58. The van der Waals surface area contributed by atoms with Crippen LogP contribution in [0.15, 0.2) is 24.3 Å². The Morgan fingerprint density at radius 2 is 2.06 bits per heavy atom. The van der Waals surface area contributed by atoms with E-state index in [1.54, 1.807) is 19.1 Å². The maximum atomic E-state index is 11.3. The number of carbonyl (C=O) groups is 1. The molecule has 1 aromatic rings. The lowest BCUT2D eigenvalue weighted by Gasteiger charge is -2.08. The highest BCUT2D eigenvalue weighted by atomic mass is 79.9. The molecule has 0 amide bonds. The molecule has 6 heteroatoms. The first-order chi connectivity index (χ1) is 8.54. The Kier molecular flexibility index (Phi) is 5.77. The van der Waals surface area contributed by atoms with Gasteiger partial charge in [-0.05, 0) is 25.3 Å². The number of hydrogen-bond acceptors (Lipinski definition) is 4. The molecule has 0 heterocycles. The number of non-ortho nitro benzene ring substituents is 1. The number of benzene rings is 1. The lowest BCUT2D eigenvalue weighted by atomic mass is 10.1. The number of carbonyl (C=O) groups excluding carboxylic acids is 1. The number of aryl methyl sites for hydroxylation is 1. The second-order valence-electron chi connectivity index (χ2n) is 3.68. The summed E-state index contributed by atoms with van der Waals surface area (Å²) in [5, 5.41) is 10.5. The first kappa shape index (κ1) is 14.6. The van der Waals surface area contributed by atoms with Gasteiger partial charge in [0.2, 0.25) is 0 Å². The highest BCUT2D eigenvalue weighted by molar-refractivity contribution is 9.10. The van der Waals surface area contributed by atoms with Gasteiger partial charge in [0.1, 0.15) is 4.83 Å². The third kappa shape index (κ3) is 4.44. The molecule has 0 fully saturated rings. The van der Waals surface area contributed by atoms with E-state index in [9.17, 15) is 14.9 Å². The first-order valence-corrected chi connectivity index (χ1v) is 6.50. The van der Waals surface area contributed by atoms with Gasteiger partial charge in [-0.2, -0.15) is 0 Å². The van der Waals surface area contributed by atoms with Gasteiger partial charge in [0.25, 0.3) is 5.69 Å². The molecule has 0 saturated heterocycles. The average molecular weight is 316 g/mol. The second-order valence-corrected chi connectivity index (χ2v) is 4.79. The van der Waals surface area contributed by atoms with Crippen LogP contribution in [0.1, 0.15) is 18.9 Å². The minimum absolute atomic E-state index is 0.0690. The zero-order chi connectivity index (χ0) is 13.5. The summed E-state index contributed by atoms with van der Waals surface area (Å²) in [6, 6.07) is 6.32. The summed E-state index contributed by atoms with van der Waals surface area (Å²) in [5.41, 5.74) is 1.02. The molecule has 0 aliphatic rings. The zero-order valence-corrected chi connectivity index (χ0v) is 11.6. The minimum atomic E-state index is -0.435. The molecule has 0 N–H and O–H groups in total. The summed E-state index contributed by atoms with van der Waals surface area (Å²) < 4.78 is 4.87. The molecule has 0 saturated carbocycles. The van der Waals surface area contributed by atoms with Crippen molar-refractivity contribution in [3.63, 3.8) is 0 Å². The van der Waals surface area contributed by atoms with Crippen LogP contribution in [0.25, 0.3) is 0 Å². The van der Waals surface area contributed by atoms with E-state index in [1.165, 1.54) is 12.1 Å². The van der Waals surface area contributed by atoms with Gasteiger partial charge >= 0.3 is 5.97 Å². The summed E-state index contributed by atoms with van der Waals surface area (Å²) in [6.07, 6.45) is 1.25. The van der Waals surface area contributed by atoms with Gasteiger partial charge in [-0.25, -0.2) is 0 Å². The van der Waals surface area contributed by atoms with E-state index in [4.69, 9.17) is 4.74 Å². The molecule has 0 bridgehead atoms. The fourth-order valence-electron chi connectivity index (χ4n) is 1.43. The van der Waals surface area contributed by atoms with Gasteiger partial charge in [-0.3, -0.25) is 14.9 Å². The number of nitro benzene ring substituents is 1. The highest BCUT2D eigenvalue weighted by Crippen LogP contribution is 2.16. The molecule has 0 aliphatic carbocycles. The van der Waals surface area contributed by atoms with Crippen LogP contribution >= 0.6 is 15.9 Å².